The van der Waals surface area contributed by atoms with Gasteiger partial charge in [0.15, 0.2) is 0 Å². The van der Waals surface area contributed by atoms with Crippen LogP contribution in [0, 0.1) is 0 Å². The van der Waals surface area contributed by atoms with Gasteiger partial charge in [-0.15, -0.1) is 0 Å². The van der Waals surface area contributed by atoms with Crippen LogP contribution in [0.25, 0.3) is 0 Å². The normalized spacial score (nSPS) is 10.3. The van der Waals surface area contributed by atoms with Gasteiger partial charge >= 0.3 is 5.97 Å². The number of methoxy groups -OCH3 is 2. The summed E-state index contributed by atoms with van der Waals surface area (Å²) in [6.45, 7) is 2.55. The van der Waals surface area contributed by atoms with E-state index in [2.05, 4.69) is 10.4 Å². The van der Waals surface area contributed by atoms with E-state index in [1.807, 2.05) is 6.92 Å². The molecule has 2 aromatic rings. The largest absolute Gasteiger partial charge is 0.496 e. The third-order valence-corrected chi connectivity index (χ3v) is 3.66. The van der Waals surface area contributed by atoms with Crippen LogP contribution in [-0.4, -0.2) is 35.9 Å². The van der Waals surface area contributed by atoms with Crippen molar-refractivity contribution in [3.8, 4) is 5.75 Å². The second kappa shape index (κ2) is 8.80. The van der Waals surface area contributed by atoms with Gasteiger partial charge in [-0.25, -0.2) is 9.48 Å². The number of nitrogens with zero attached hydrogens (tertiary/aromatic N) is 2. The van der Waals surface area contributed by atoms with E-state index in [1.165, 1.54) is 31.0 Å². The summed E-state index contributed by atoms with van der Waals surface area (Å²) >= 11 is 0. The van der Waals surface area contributed by atoms with E-state index >= 15 is 0 Å². The van der Waals surface area contributed by atoms with E-state index in [9.17, 15) is 14.4 Å². The van der Waals surface area contributed by atoms with Crippen molar-refractivity contribution < 1.29 is 19.1 Å². The topological polar surface area (TPSA) is 99.5 Å². The monoisotopic (exact) mass is 359 g/mol. The van der Waals surface area contributed by atoms with Crippen LogP contribution < -0.4 is 15.6 Å². The molecule has 0 atom stereocenters. The summed E-state index contributed by atoms with van der Waals surface area (Å²) in [4.78, 5) is 35.7. The summed E-state index contributed by atoms with van der Waals surface area (Å²) in [6.07, 6.45) is 0.736. The van der Waals surface area contributed by atoms with Gasteiger partial charge in [0, 0.05) is 19.2 Å². The fourth-order valence-corrected chi connectivity index (χ4v) is 2.35. The highest BCUT2D eigenvalue weighted by atomic mass is 16.5. The van der Waals surface area contributed by atoms with Crippen LogP contribution in [0.2, 0.25) is 0 Å². The van der Waals surface area contributed by atoms with Gasteiger partial charge in [0.25, 0.3) is 11.5 Å². The summed E-state index contributed by atoms with van der Waals surface area (Å²) in [6, 6.07) is 7.67. The van der Waals surface area contributed by atoms with Crippen molar-refractivity contribution in [2.75, 3.05) is 14.2 Å². The molecule has 1 amide bonds. The molecule has 0 radical (unpaired) electrons. The van der Waals surface area contributed by atoms with Crippen LogP contribution in [0.1, 0.15) is 39.8 Å². The molecule has 8 nitrogen and oxygen atoms in total. The lowest BCUT2D eigenvalue weighted by Crippen LogP contribution is -2.29. The molecule has 8 heteroatoms. The van der Waals surface area contributed by atoms with Crippen LogP contribution in [0.15, 0.2) is 35.1 Å². The molecule has 0 fully saturated rings. The number of carbonyl (C=O) groups is 2. The summed E-state index contributed by atoms with van der Waals surface area (Å²) < 4.78 is 11.1. The molecule has 0 spiro atoms. The third kappa shape index (κ3) is 4.47. The lowest BCUT2D eigenvalue weighted by Gasteiger charge is -2.10. The summed E-state index contributed by atoms with van der Waals surface area (Å²) in [5.41, 5.74) is 0.874. The van der Waals surface area contributed by atoms with Gasteiger partial charge in [0.1, 0.15) is 17.0 Å². The number of ether oxygens (including phenoxy) is 2. The van der Waals surface area contributed by atoms with Gasteiger partial charge < -0.3 is 14.8 Å². The van der Waals surface area contributed by atoms with Crippen molar-refractivity contribution in [3.63, 3.8) is 0 Å². The minimum atomic E-state index is -0.525. The van der Waals surface area contributed by atoms with Crippen LogP contribution in [0.5, 0.6) is 5.75 Å². The average molecular weight is 359 g/mol. The van der Waals surface area contributed by atoms with Crippen LogP contribution >= 0.6 is 0 Å². The smallest absolute Gasteiger partial charge is 0.341 e. The number of nitrogens with one attached hydrogen (secondary N) is 1. The minimum Gasteiger partial charge on any atom is -0.496 e. The molecule has 1 N–H and O–H groups in total. The number of esters is 1. The number of aryl methyl sites for hydroxylation is 1. The molecule has 0 unspecified atom stereocenters. The first-order valence-electron chi connectivity index (χ1n) is 8.11. The molecule has 26 heavy (non-hydrogen) atoms. The van der Waals surface area contributed by atoms with Gasteiger partial charge in [0.05, 0.1) is 14.2 Å². The molecule has 2 rings (SSSR count). The highest BCUT2D eigenvalue weighted by Crippen LogP contribution is 2.20. The molecule has 1 aromatic heterocycles. The van der Waals surface area contributed by atoms with Crippen LogP contribution in [0.4, 0.5) is 0 Å². The molecular weight excluding hydrogens is 338 g/mol. The number of aromatic nitrogens is 2. The number of rotatable bonds is 7. The van der Waals surface area contributed by atoms with Gasteiger partial charge in [0.2, 0.25) is 0 Å². The average Bonchev–Trinajstić information content (AvgIpc) is 2.67. The standard InChI is InChI=1S/C18H21N3O5/c1-4-9-21-16(22)8-6-14(20-21)17(23)19-11-12-5-7-15(25-2)13(10-12)18(24)26-3/h5-8,10H,4,9,11H2,1-3H3,(H,19,23). The number of benzene rings is 1. The second-order valence-corrected chi connectivity index (χ2v) is 5.49. The van der Waals surface area contributed by atoms with E-state index in [0.717, 1.165) is 6.42 Å². The van der Waals surface area contributed by atoms with Crippen LogP contribution in [-0.2, 0) is 17.8 Å². The van der Waals surface area contributed by atoms with Crippen molar-refractivity contribution in [2.45, 2.75) is 26.4 Å². The number of amides is 1. The summed E-state index contributed by atoms with van der Waals surface area (Å²) in [7, 11) is 2.74. The molecular formula is C18H21N3O5. The van der Waals surface area contributed by atoms with Crippen molar-refractivity contribution >= 4 is 11.9 Å². The Kier molecular flexibility index (Phi) is 6.48. The highest BCUT2D eigenvalue weighted by molar-refractivity contribution is 5.93. The van der Waals surface area contributed by atoms with E-state index in [0.29, 0.717) is 17.9 Å². The Labute approximate surface area is 150 Å². The Balaban J connectivity index is 2.13. The Morgan fingerprint density at radius 1 is 1.19 bits per heavy atom. The SMILES string of the molecule is CCCn1nc(C(=O)NCc2ccc(OC)c(C(=O)OC)c2)ccc1=O. The molecule has 138 valence electrons. The molecule has 1 aromatic carbocycles. The zero-order valence-corrected chi connectivity index (χ0v) is 14.9. The maximum absolute atomic E-state index is 12.3. The third-order valence-electron chi connectivity index (χ3n) is 3.66. The first-order chi connectivity index (χ1) is 12.5. The van der Waals surface area contributed by atoms with E-state index in [1.54, 1.807) is 18.2 Å². The van der Waals surface area contributed by atoms with Gasteiger partial charge in [-0.2, -0.15) is 5.10 Å². The molecule has 0 bridgehead atoms. The van der Waals surface area contributed by atoms with Crippen LogP contribution in [0.3, 0.4) is 0 Å². The maximum atomic E-state index is 12.3. The molecule has 0 saturated carbocycles. The lowest BCUT2D eigenvalue weighted by atomic mass is 10.1. The van der Waals surface area contributed by atoms with E-state index < -0.39 is 11.9 Å². The molecule has 0 aliphatic carbocycles. The summed E-state index contributed by atoms with van der Waals surface area (Å²) in [5.74, 6) is -0.547. The van der Waals surface area contributed by atoms with Crippen molar-refractivity contribution in [3.05, 3.63) is 57.5 Å². The molecule has 0 saturated heterocycles. The first kappa shape index (κ1) is 19.2. The molecule has 0 aliphatic rings. The zero-order valence-electron chi connectivity index (χ0n) is 14.9. The summed E-state index contributed by atoms with van der Waals surface area (Å²) in [5, 5.41) is 6.77. The first-order valence-corrected chi connectivity index (χ1v) is 8.11. The van der Waals surface area contributed by atoms with Gasteiger partial charge in [-0.05, 0) is 30.2 Å². The zero-order chi connectivity index (χ0) is 19.1. The van der Waals surface area contributed by atoms with Crippen molar-refractivity contribution in [1.29, 1.82) is 0 Å². The van der Waals surface area contributed by atoms with Gasteiger partial charge in [-0.1, -0.05) is 13.0 Å². The maximum Gasteiger partial charge on any atom is 0.341 e. The van der Waals surface area contributed by atoms with E-state index in [4.69, 9.17) is 9.47 Å². The second-order valence-electron chi connectivity index (χ2n) is 5.49. The fourth-order valence-electron chi connectivity index (χ4n) is 2.35. The quantitative estimate of drug-likeness (QED) is 0.750. The Hall–Kier alpha value is -3.16. The van der Waals surface area contributed by atoms with Crippen molar-refractivity contribution in [1.82, 2.24) is 15.1 Å². The highest BCUT2D eigenvalue weighted by Gasteiger charge is 2.14. The predicted molar refractivity (Wildman–Crippen MR) is 94.3 cm³/mol. The predicted octanol–water partition coefficient (Wildman–Crippen LogP) is 1.38. The Bertz CT molecular complexity index is 860. The van der Waals surface area contributed by atoms with E-state index in [-0.39, 0.29) is 23.4 Å². The number of hydrogen-bond donors (Lipinski definition) is 1. The van der Waals surface area contributed by atoms with Gasteiger partial charge in [-0.3, -0.25) is 9.59 Å². The Morgan fingerprint density at radius 2 is 1.96 bits per heavy atom. The van der Waals surface area contributed by atoms with Crippen molar-refractivity contribution in [2.24, 2.45) is 0 Å². The molecule has 1 heterocycles. The number of hydrogen-bond acceptors (Lipinski definition) is 6. The lowest BCUT2D eigenvalue weighted by molar-refractivity contribution is 0.0597. The minimum absolute atomic E-state index is 0.153. The molecule has 0 aliphatic heterocycles. The number of carbonyl (C=O) groups excluding carboxylic acids is 2. The Morgan fingerprint density at radius 3 is 2.62 bits per heavy atom. The fraction of sp³-hybridized carbons (Fsp3) is 0.333.